The Kier molecular flexibility index (Phi) is 5.68. The Morgan fingerprint density at radius 1 is 1.28 bits per heavy atom. The van der Waals surface area contributed by atoms with E-state index in [1.807, 2.05) is 6.92 Å². The van der Waals surface area contributed by atoms with Gasteiger partial charge in [0.1, 0.15) is 6.10 Å². The molecule has 0 aromatic heterocycles. The molecule has 1 rings (SSSR count). The molecule has 3 unspecified atom stereocenters. The number of hydrogen-bond donors (Lipinski definition) is 0. The Morgan fingerprint density at radius 2 is 1.94 bits per heavy atom. The summed E-state index contributed by atoms with van der Waals surface area (Å²) in [5, 5.41) is 0. The van der Waals surface area contributed by atoms with Gasteiger partial charge in [-0.2, -0.15) is 0 Å². The van der Waals surface area contributed by atoms with Crippen LogP contribution in [0, 0.1) is 17.3 Å². The largest absolute Gasteiger partial charge is 0.462 e. The van der Waals surface area contributed by atoms with Crippen LogP contribution >= 0.6 is 0 Å². The van der Waals surface area contributed by atoms with Gasteiger partial charge < -0.3 is 4.74 Å². The van der Waals surface area contributed by atoms with Gasteiger partial charge >= 0.3 is 5.97 Å². The van der Waals surface area contributed by atoms with Crippen LogP contribution in [0.4, 0.5) is 0 Å². The van der Waals surface area contributed by atoms with E-state index in [0.717, 1.165) is 25.2 Å². The lowest BCUT2D eigenvalue weighted by molar-refractivity contribution is -0.158. The highest BCUT2D eigenvalue weighted by Crippen LogP contribution is 2.43. The summed E-state index contributed by atoms with van der Waals surface area (Å²) in [6.45, 7) is 11.2. The molecule has 0 aromatic carbocycles. The second-order valence-electron chi connectivity index (χ2n) is 6.65. The van der Waals surface area contributed by atoms with E-state index in [1.165, 1.54) is 12.8 Å². The molecule has 1 aliphatic carbocycles. The Morgan fingerprint density at radius 3 is 2.50 bits per heavy atom. The van der Waals surface area contributed by atoms with Crippen LogP contribution in [0.25, 0.3) is 0 Å². The molecule has 1 fully saturated rings. The molecule has 0 heterocycles. The van der Waals surface area contributed by atoms with Crippen LogP contribution in [0.5, 0.6) is 0 Å². The molecule has 106 valence electrons. The fraction of sp³-hybridized carbons (Fsp3) is 0.938. The van der Waals surface area contributed by atoms with Crippen molar-refractivity contribution in [1.29, 1.82) is 0 Å². The molecule has 0 spiro atoms. The van der Waals surface area contributed by atoms with Crippen LogP contribution in [0.3, 0.4) is 0 Å². The van der Waals surface area contributed by atoms with E-state index in [-0.39, 0.29) is 17.5 Å². The third-order valence-corrected chi connectivity index (χ3v) is 4.70. The molecular formula is C16H30O2. The maximum absolute atomic E-state index is 11.7. The zero-order chi connectivity index (χ0) is 13.8. The van der Waals surface area contributed by atoms with Crippen LogP contribution in [0.2, 0.25) is 0 Å². The Balaban J connectivity index is 2.70. The molecule has 1 saturated carbocycles. The van der Waals surface area contributed by atoms with Gasteiger partial charge in [0.2, 0.25) is 0 Å². The first-order chi connectivity index (χ1) is 8.40. The summed E-state index contributed by atoms with van der Waals surface area (Å²) in [6.07, 6.45) is 6.17. The van der Waals surface area contributed by atoms with Crippen LogP contribution < -0.4 is 0 Å². The number of esters is 1. The molecular weight excluding hydrogens is 224 g/mol. The highest BCUT2D eigenvalue weighted by Gasteiger charge is 2.40. The summed E-state index contributed by atoms with van der Waals surface area (Å²) >= 11 is 0. The highest BCUT2D eigenvalue weighted by atomic mass is 16.5. The average molecular weight is 254 g/mol. The fourth-order valence-corrected chi connectivity index (χ4v) is 3.01. The first kappa shape index (κ1) is 15.5. The van der Waals surface area contributed by atoms with E-state index < -0.39 is 0 Å². The third kappa shape index (κ3) is 4.00. The van der Waals surface area contributed by atoms with Crippen LogP contribution in [-0.2, 0) is 9.53 Å². The van der Waals surface area contributed by atoms with Crippen molar-refractivity contribution in [2.75, 3.05) is 0 Å². The van der Waals surface area contributed by atoms with E-state index in [0.29, 0.717) is 12.3 Å². The van der Waals surface area contributed by atoms with Crippen molar-refractivity contribution in [2.45, 2.75) is 79.2 Å². The number of hydrogen-bond acceptors (Lipinski definition) is 2. The van der Waals surface area contributed by atoms with Gasteiger partial charge in [-0.1, -0.05) is 41.0 Å². The predicted octanol–water partition coefficient (Wildman–Crippen LogP) is 4.57. The molecule has 3 atom stereocenters. The minimum Gasteiger partial charge on any atom is -0.462 e. The lowest BCUT2D eigenvalue weighted by Gasteiger charge is -2.43. The monoisotopic (exact) mass is 254 g/mol. The van der Waals surface area contributed by atoms with Gasteiger partial charge in [0.05, 0.1) is 0 Å². The first-order valence-electron chi connectivity index (χ1n) is 7.60. The molecule has 2 heteroatoms. The van der Waals surface area contributed by atoms with E-state index >= 15 is 0 Å². The second-order valence-corrected chi connectivity index (χ2v) is 6.65. The number of rotatable bonds is 5. The summed E-state index contributed by atoms with van der Waals surface area (Å²) in [4.78, 5) is 11.7. The van der Waals surface area contributed by atoms with E-state index in [4.69, 9.17) is 4.74 Å². The third-order valence-electron chi connectivity index (χ3n) is 4.70. The normalized spacial score (nSPS) is 29.1. The molecule has 0 saturated heterocycles. The summed E-state index contributed by atoms with van der Waals surface area (Å²) in [7, 11) is 0. The smallest absolute Gasteiger partial charge is 0.306 e. The molecule has 0 aromatic rings. The summed E-state index contributed by atoms with van der Waals surface area (Å²) < 4.78 is 5.74. The van der Waals surface area contributed by atoms with Gasteiger partial charge in [0.25, 0.3) is 0 Å². The SMILES string of the molecule is CCCC(=O)OC1CCC(C)CC1C(C)(C)CC. The van der Waals surface area contributed by atoms with Crippen molar-refractivity contribution in [3.05, 3.63) is 0 Å². The number of carbonyl (C=O) groups is 1. The summed E-state index contributed by atoms with van der Waals surface area (Å²) in [6, 6.07) is 0. The number of carbonyl (C=O) groups excluding carboxylic acids is 1. The Hall–Kier alpha value is -0.530. The molecule has 0 radical (unpaired) electrons. The molecule has 2 nitrogen and oxygen atoms in total. The van der Waals surface area contributed by atoms with Crippen molar-refractivity contribution in [1.82, 2.24) is 0 Å². The lowest BCUT2D eigenvalue weighted by atomic mass is 9.66. The van der Waals surface area contributed by atoms with Crippen LogP contribution in [0.15, 0.2) is 0 Å². The van der Waals surface area contributed by atoms with Crippen molar-refractivity contribution >= 4 is 5.97 Å². The summed E-state index contributed by atoms with van der Waals surface area (Å²) in [5.74, 6) is 1.28. The standard InChI is InChI=1S/C16H30O2/c1-6-8-15(17)18-14-10-9-12(3)11-13(14)16(4,5)7-2/h12-14H,6-11H2,1-5H3. The quantitative estimate of drug-likeness (QED) is 0.672. The van der Waals surface area contributed by atoms with E-state index in [9.17, 15) is 4.79 Å². The Labute approximate surface area is 112 Å². The Bertz CT molecular complexity index is 270. The maximum atomic E-state index is 11.7. The molecule has 1 aliphatic rings. The average Bonchev–Trinajstić information content (AvgIpc) is 2.31. The van der Waals surface area contributed by atoms with E-state index in [2.05, 4.69) is 27.7 Å². The minimum absolute atomic E-state index is 0.00560. The zero-order valence-corrected chi connectivity index (χ0v) is 12.8. The van der Waals surface area contributed by atoms with E-state index in [1.54, 1.807) is 0 Å². The molecule has 0 N–H and O–H groups in total. The molecule has 0 aliphatic heterocycles. The minimum atomic E-state index is -0.00560. The van der Waals surface area contributed by atoms with Crippen LogP contribution in [0.1, 0.15) is 73.1 Å². The van der Waals surface area contributed by atoms with Gasteiger partial charge in [-0.3, -0.25) is 4.79 Å². The van der Waals surface area contributed by atoms with Crippen molar-refractivity contribution in [2.24, 2.45) is 17.3 Å². The second kappa shape index (κ2) is 6.58. The van der Waals surface area contributed by atoms with Gasteiger partial charge in [-0.25, -0.2) is 0 Å². The lowest BCUT2D eigenvalue weighted by Crippen LogP contribution is -2.41. The topological polar surface area (TPSA) is 26.3 Å². The van der Waals surface area contributed by atoms with Gasteiger partial charge in [0.15, 0.2) is 0 Å². The fourth-order valence-electron chi connectivity index (χ4n) is 3.01. The van der Waals surface area contributed by atoms with Crippen molar-refractivity contribution < 1.29 is 9.53 Å². The van der Waals surface area contributed by atoms with Gasteiger partial charge in [-0.15, -0.1) is 0 Å². The zero-order valence-electron chi connectivity index (χ0n) is 12.8. The first-order valence-corrected chi connectivity index (χ1v) is 7.60. The van der Waals surface area contributed by atoms with Gasteiger partial charge in [0, 0.05) is 12.3 Å². The van der Waals surface area contributed by atoms with Crippen molar-refractivity contribution in [3.63, 3.8) is 0 Å². The summed E-state index contributed by atoms with van der Waals surface area (Å²) in [5.41, 5.74) is 0.270. The highest BCUT2D eigenvalue weighted by molar-refractivity contribution is 5.69. The maximum Gasteiger partial charge on any atom is 0.306 e. The predicted molar refractivity (Wildman–Crippen MR) is 75.4 cm³/mol. The molecule has 0 bridgehead atoms. The molecule has 0 amide bonds. The van der Waals surface area contributed by atoms with Crippen LogP contribution in [-0.4, -0.2) is 12.1 Å². The number of ether oxygens (including phenoxy) is 1. The van der Waals surface area contributed by atoms with Gasteiger partial charge in [-0.05, 0) is 37.0 Å². The molecule has 18 heavy (non-hydrogen) atoms. The van der Waals surface area contributed by atoms with Crippen molar-refractivity contribution in [3.8, 4) is 0 Å².